The zero-order chi connectivity index (χ0) is 20.4. The fraction of sp³-hybridized carbons (Fsp3) is 0.348. The van der Waals surface area contributed by atoms with Crippen LogP contribution in [0.25, 0.3) is 0 Å². The highest BCUT2D eigenvalue weighted by Gasteiger charge is 2.38. The van der Waals surface area contributed by atoms with E-state index in [4.69, 9.17) is 4.74 Å². The summed E-state index contributed by atoms with van der Waals surface area (Å²) in [5.74, 6) is 0.224. The maximum Gasteiger partial charge on any atom is 0.338 e. The molecule has 1 aliphatic carbocycles. The van der Waals surface area contributed by atoms with Crippen LogP contribution in [0.5, 0.6) is 0 Å². The third-order valence-corrected chi connectivity index (χ3v) is 5.79. The number of carbonyl (C=O) groups is 1. The third-order valence-electron chi connectivity index (χ3n) is 5.79. The van der Waals surface area contributed by atoms with Crippen LogP contribution in [0.1, 0.15) is 59.6 Å². The first kappa shape index (κ1) is 19.2. The summed E-state index contributed by atoms with van der Waals surface area (Å²) in [5, 5.41) is 14.5. The molecule has 2 aromatic carbocycles. The highest BCUT2D eigenvalue weighted by Crippen LogP contribution is 2.50. The molecule has 2 aliphatic rings. The molecule has 4 rings (SSSR count). The molecule has 3 atom stereocenters. The number of anilines is 1. The molecular weight excluding hydrogens is 368 g/mol. The maximum absolute atomic E-state index is 12.4. The lowest BCUT2D eigenvalue weighted by atomic mass is 9.76. The summed E-state index contributed by atoms with van der Waals surface area (Å²) in [6.45, 7) is 2.51. The lowest BCUT2D eigenvalue weighted by Gasteiger charge is -2.37. The van der Waals surface area contributed by atoms with Crippen LogP contribution in [0.2, 0.25) is 0 Å². The monoisotopic (exact) mass is 392 g/mol. The maximum atomic E-state index is 12.4. The quantitative estimate of drug-likeness (QED) is 0.235. The fourth-order valence-electron chi connectivity index (χ4n) is 4.25. The molecule has 0 saturated carbocycles. The van der Waals surface area contributed by atoms with E-state index in [2.05, 4.69) is 24.4 Å². The molecule has 1 heterocycles. The van der Waals surface area contributed by atoms with Crippen LogP contribution in [-0.2, 0) is 4.74 Å². The molecule has 0 spiro atoms. The van der Waals surface area contributed by atoms with E-state index in [-0.39, 0.29) is 28.5 Å². The number of nitrogens with zero attached hydrogens (tertiary/aromatic N) is 1. The molecule has 0 aromatic heterocycles. The molecule has 0 unspecified atom stereocenters. The Morgan fingerprint density at radius 3 is 2.76 bits per heavy atom. The number of allylic oxidation sites excluding steroid dienone is 2. The van der Waals surface area contributed by atoms with E-state index in [9.17, 15) is 14.9 Å². The summed E-state index contributed by atoms with van der Waals surface area (Å²) in [7, 11) is 0. The molecule has 29 heavy (non-hydrogen) atoms. The minimum Gasteiger partial charge on any atom is -0.462 e. The van der Waals surface area contributed by atoms with Gasteiger partial charge in [-0.15, -0.1) is 0 Å². The van der Waals surface area contributed by atoms with Crippen molar-refractivity contribution >= 4 is 17.3 Å². The Hall–Kier alpha value is -3.15. The number of benzene rings is 2. The van der Waals surface area contributed by atoms with E-state index in [1.165, 1.54) is 0 Å². The first-order valence-electron chi connectivity index (χ1n) is 10.1. The smallest absolute Gasteiger partial charge is 0.338 e. The zero-order valence-electron chi connectivity index (χ0n) is 16.3. The van der Waals surface area contributed by atoms with Crippen molar-refractivity contribution in [3.63, 3.8) is 0 Å². The fourth-order valence-corrected chi connectivity index (χ4v) is 4.25. The second kappa shape index (κ2) is 8.07. The topological polar surface area (TPSA) is 81.5 Å². The highest BCUT2D eigenvalue weighted by molar-refractivity contribution is 5.90. The van der Waals surface area contributed by atoms with Gasteiger partial charge in [-0.25, -0.2) is 4.79 Å². The number of ether oxygens (including phenoxy) is 1. The highest BCUT2D eigenvalue weighted by atomic mass is 16.6. The Kier molecular flexibility index (Phi) is 5.34. The summed E-state index contributed by atoms with van der Waals surface area (Å²) in [5.41, 5.74) is 3.80. The minimum atomic E-state index is -0.381. The molecule has 1 N–H and O–H groups in total. The van der Waals surface area contributed by atoms with Gasteiger partial charge < -0.3 is 10.1 Å². The lowest BCUT2D eigenvalue weighted by Crippen LogP contribution is -2.29. The van der Waals surface area contributed by atoms with Crippen LogP contribution in [0.3, 0.4) is 0 Å². The molecular formula is C23H24N2O4. The predicted molar refractivity (Wildman–Crippen MR) is 111 cm³/mol. The minimum absolute atomic E-state index is 0.0608. The molecule has 0 bridgehead atoms. The number of nitrogens with one attached hydrogen (secondary N) is 1. The Balaban J connectivity index is 1.60. The number of esters is 1. The summed E-state index contributed by atoms with van der Waals surface area (Å²) < 4.78 is 5.36. The molecule has 0 amide bonds. The Labute approximate surface area is 169 Å². The number of nitro benzene ring substituents is 1. The van der Waals surface area contributed by atoms with E-state index in [1.54, 1.807) is 18.2 Å². The van der Waals surface area contributed by atoms with Crippen molar-refractivity contribution in [1.82, 2.24) is 0 Å². The predicted octanol–water partition coefficient (Wildman–Crippen LogP) is 5.38. The Morgan fingerprint density at radius 1 is 1.24 bits per heavy atom. The molecule has 150 valence electrons. The normalized spacial score (nSPS) is 21.8. The standard InChI is InChI=1S/C23H24N2O4/c1-2-3-13-29-23(26)16-9-12-21-20(14-16)18-5-4-6-19(18)22(24-21)15-7-10-17(11-8-15)25(27)28/h4-5,7-12,14,18-19,22,24H,2-3,6,13H2,1H3/t18-,19-,22+/m0/s1. The van der Waals surface area contributed by atoms with Gasteiger partial charge in [0, 0.05) is 23.7 Å². The van der Waals surface area contributed by atoms with Crippen LogP contribution in [0.4, 0.5) is 11.4 Å². The van der Waals surface area contributed by atoms with Crippen LogP contribution >= 0.6 is 0 Å². The average Bonchev–Trinajstić information content (AvgIpc) is 3.23. The molecule has 0 fully saturated rings. The number of nitro groups is 1. The van der Waals surface area contributed by atoms with E-state index < -0.39 is 0 Å². The van der Waals surface area contributed by atoms with Gasteiger partial charge in [0.25, 0.3) is 5.69 Å². The van der Waals surface area contributed by atoms with Crippen molar-refractivity contribution < 1.29 is 14.5 Å². The van der Waals surface area contributed by atoms with Gasteiger partial charge in [-0.1, -0.05) is 37.6 Å². The number of hydrogen-bond acceptors (Lipinski definition) is 5. The zero-order valence-corrected chi connectivity index (χ0v) is 16.3. The van der Waals surface area contributed by atoms with Gasteiger partial charge in [-0.3, -0.25) is 10.1 Å². The van der Waals surface area contributed by atoms with Crippen molar-refractivity contribution in [2.45, 2.75) is 38.1 Å². The van der Waals surface area contributed by atoms with E-state index in [1.807, 2.05) is 24.3 Å². The van der Waals surface area contributed by atoms with Gasteiger partial charge in [0.1, 0.15) is 0 Å². The molecule has 0 radical (unpaired) electrons. The average molecular weight is 392 g/mol. The first-order valence-corrected chi connectivity index (χ1v) is 10.1. The van der Waals surface area contributed by atoms with Crippen LogP contribution in [-0.4, -0.2) is 17.5 Å². The van der Waals surface area contributed by atoms with Gasteiger partial charge in [-0.2, -0.15) is 0 Å². The van der Waals surface area contributed by atoms with Gasteiger partial charge in [-0.05, 0) is 48.1 Å². The Bertz CT molecular complexity index is 952. The van der Waals surface area contributed by atoms with Crippen molar-refractivity contribution in [1.29, 1.82) is 0 Å². The number of hydrogen-bond donors (Lipinski definition) is 1. The number of fused-ring (bicyclic) bond motifs is 3. The van der Waals surface area contributed by atoms with Crippen molar-refractivity contribution in [3.05, 3.63) is 81.4 Å². The largest absolute Gasteiger partial charge is 0.462 e. The van der Waals surface area contributed by atoms with Crippen molar-refractivity contribution in [2.24, 2.45) is 5.92 Å². The van der Waals surface area contributed by atoms with Gasteiger partial charge in [0.05, 0.1) is 23.1 Å². The van der Waals surface area contributed by atoms with Gasteiger partial charge >= 0.3 is 5.97 Å². The van der Waals surface area contributed by atoms with Gasteiger partial charge in [0.15, 0.2) is 0 Å². The number of carbonyl (C=O) groups excluding carboxylic acids is 1. The van der Waals surface area contributed by atoms with Crippen molar-refractivity contribution in [2.75, 3.05) is 11.9 Å². The summed E-state index contributed by atoms with van der Waals surface area (Å²) in [6.07, 6.45) is 7.15. The summed E-state index contributed by atoms with van der Waals surface area (Å²) in [4.78, 5) is 22.9. The van der Waals surface area contributed by atoms with Crippen LogP contribution in [0, 0.1) is 16.0 Å². The third kappa shape index (κ3) is 3.75. The molecule has 0 saturated heterocycles. The molecule has 1 aliphatic heterocycles. The van der Waals surface area contributed by atoms with E-state index in [0.29, 0.717) is 18.1 Å². The molecule has 2 aromatic rings. The van der Waals surface area contributed by atoms with Gasteiger partial charge in [0.2, 0.25) is 0 Å². The number of rotatable bonds is 6. The number of non-ortho nitro benzene ring substituents is 1. The molecule has 6 nitrogen and oxygen atoms in total. The number of unbranched alkanes of at least 4 members (excludes halogenated alkanes) is 1. The van der Waals surface area contributed by atoms with Crippen LogP contribution < -0.4 is 5.32 Å². The summed E-state index contributed by atoms with van der Waals surface area (Å²) >= 11 is 0. The second-order valence-corrected chi connectivity index (χ2v) is 7.62. The first-order chi connectivity index (χ1) is 14.1. The van der Waals surface area contributed by atoms with Crippen LogP contribution in [0.15, 0.2) is 54.6 Å². The summed E-state index contributed by atoms with van der Waals surface area (Å²) in [6, 6.07) is 12.5. The molecule has 6 heteroatoms. The Morgan fingerprint density at radius 2 is 2.03 bits per heavy atom. The van der Waals surface area contributed by atoms with E-state index >= 15 is 0 Å². The van der Waals surface area contributed by atoms with Crippen molar-refractivity contribution in [3.8, 4) is 0 Å². The van der Waals surface area contributed by atoms with E-state index in [0.717, 1.165) is 36.1 Å². The second-order valence-electron chi connectivity index (χ2n) is 7.62. The lowest BCUT2D eigenvalue weighted by molar-refractivity contribution is -0.384. The SMILES string of the molecule is CCCCOC(=O)c1ccc2c(c1)[C@H]1C=CC[C@@H]1[C@@H](c1ccc([N+](=O)[O-])cc1)N2.